The number of likely N-dealkylation sites (tertiary alicyclic amines) is 1. The monoisotopic (exact) mass is 444 g/mol. The van der Waals surface area contributed by atoms with Crippen LogP contribution >= 0.6 is 0 Å². The first-order chi connectivity index (χ1) is 16.1. The number of phenols is 1. The highest BCUT2D eigenvalue weighted by atomic mass is 16.3. The van der Waals surface area contributed by atoms with Crippen molar-refractivity contribution in [3.05, 3.63) is 65.0 Å². The van der Waals surface area contributed by atoms with Crippen molar-refractivity contribution in [1.82, 2.24) is 19.7 Å². The maximum absolute atomic E-state index is 12.6. The Hall–Kier alpha value is -3.81. The van der Waals surface area contributed by atoms with E-state index in [1.54, 1.807) is 18.4 Å². The molecule has 0 bridgehead atoms. The molecule has 2 fully saturated rings. The molecule has 4 aromatic rings. The van der Waals surface area contributed by atoms with Gasteiger partial charge in [-0.15, -0.1) is 0 Å². The highest BCUT2D eigenvalue weighted by Gasteiger charge is 2.37. The van der Waals surface area contributed by atoms with Gasteiger partial charge in [-0.1, -0.05) is 6.07 Å². The molecule has 1 aliphatic carbocycles. The normalized spacial score (nSPS) is 18.3. The average molecular weight is 444 g/mol. The largest absolute Gasteiger partial charge is 0.507 e. The van der Waals surface area contributed by atoms with Crippen LogP contribution in [0.2, 0.25) is 0 Å². The number of phenolic OH excluding ortho intramolecular Hbond substituents is 1. The summed E-state index contributed by atoms with van der Waals surface area (Å²) in [6.45, 7) is 1.47. The van der Waals surface area contributed by atoms with E-state index in [4.69, 9.17) is 4.42 Å². The number of nitrogens with one attached hydrogen (secondary N) is 1. The number of nitrogens with zero attached hydrogens (tertiary/aromatic N) is 3. The molecule has 33 heavy (non-hydrogen) atoms. The molecule has 1 saturated heterocycles. The third-order valence-electron chi connectivity index (χ3n) is 6.74. The fourth-order valence-electron chi connectivity index (χ4n) is 4.82. The summed E-state index contributed by atoms with van der Waals surface area (Å²) in [7, 11) is 0. The molecule has 2 N–H and O–H groups in total. The average Bonchev–Trinajstić information content (AvgIpc) is 3.20. The van der Waals surface area contributed by atoms with Crippen molar-refractivity contribution in [2.45, 2.75) is 25.7 Å². The molecule has 6 rings (SSSR count). The summed E-state index contributed by atoms with van der Waals surface area (Å²) in [6, 6.07) is 12.8. The first kappa shape index (κ1) is 19.8. The topological polar surface area (TPSA) is 104 Å². The zero-order chi connectivity index (χ0) is 22.5. The van der Waals surface area contributed by atoms with Gasteiger partial charge in [0.15, 0.2) is 0 Å². The number of H-pyrrole nitrogens is 1. The van der Waals surface area contributed by atoms with Crippen LogP contribution in [0.3, 0.4) is 0 Å². The van der Waals surface area contributed by atoms with Gasteiger partial charge in [-0.3, -0.25) is 4.79 Å². The van der Waals surface area contributed by atoms with E-state index in [1.807, 2.05) is 35.2 Å². The Labute approximate surface area is 189 Å². The summed E-state index contributed by atoms with van der Waals surface area (Å²) in [5.41, 5.74) is 2.52. The van der Waals surface area contributed by atoms with Crippen molar-refractivity contribution >= 4 is 16.9 Å². The van der Waals surface area contributed by atoms with Crippen molar-refractivity contribution in [1.29, 1.82) is 0 Å². The minimum absolute atomic E-state index is 0.0801. The zero-order valence-electron chi connectivity index (χ0n) is 18.0. The Morgan fingerprint density at radius 1 is 1.15 bits per heavy atom. The number of carbonyl (C=O) groups excluding carboxylic acids is 1. The van der Waals surface area contributed by atoms with Gasteiger partial charge in [0.1, 0.15) is 17.2 Å². The molecule has 1 aliphatic heterocycles. The van der Waals surface area contributed by atoms with Gasteiger partial charge in [0, 0.05) is 42.4 Å². The van der Waals surface area contributed by atoms with Crippen molar-refractivity contribution in [2.75, 3.05) is 13.1 Å². The molecule has 1 atom stereocenters. The quantitative estimate of drug-likeness (QED) is 0.490. The van der Waals surface area contributed by atoms with Crippen molar-refractivity contribution in [2.24, 2.45) is 11.8 Å². The standard InChI is InChI=1S/C25H24N4O4/c30-21-13-19(4-5-20(21)17-3-6-22-18(12-17)8-10-33-22)29-23(26-27-25(29)32)11-15-7-9-28(14-15)24(31)16-1-2-16/h3-6,8,10,12-13,15-16,30H,1-2,7,9,11,14H2,(H,27,32)/t15-/m0/s1. The maximum Gasteiger partial charge on any atom is 0.347 e. The molecular formula is C25H24N4O4. The number of amides is 1. The Bertz CT molecular complexity index is 1410. The maximum atomic E-state index is 12.6. The van der Waals surface area contributed by atoms with Crippen LogP contribution in [0.25, 0.3) is 27.8 Å². The number of hydrogen-bond donors (Lipinski definition) is 2. The molecule has 0 unspecified atom stereocenters. The second-order valence-electron chi connectivity index (χ2n) is 9.07. The van der Waals surface area contributed by atoms with E-state index in [0.29, 0.717) is 30.0 Å². The molecule has 2 aromatic heterocycles. The fraction of sp³-hybridized carbons (Fsp3) is 0.320. The van der Waals surface area contributed by atoms with Gasteiger partial charge < -0.3 is 14.4 Å². The lowest BCUT2D eigenvalue weighted by atomic mass is 10.0. The van der Waals surface area contributed by atoms with E-state index in [1.165, 1.54) is 4.57 Å². The Morgan fingerprint density at radius 3 is 2.85 bits per heavy atom. The third kappa shape index (κ3) is 3.61. The summed E-state index contributed by atoms with van der Waals surface area (Å²) in [6.07, 6.45) is 5.14. The predicted molar refractivity (Wildman–Crippen MR) is 122 cm³/mol. The smallest absolute Gasteiger partial charge is 0.347 e. The molecule has 8 heteroatoms. The first-order valence-corrected chi connectivity index (χ1v) is 11.3. The lowest BCUT2D eigenvalue weighted by Gasteiger charge is -2.16. The zero-order valence-corrected chi connectivity index (χ0v) is 18.0. The van der Waals surface area contributed by atoms with E-state index in [9.17, 15) is 14.7 Å². The van der Waals surface area contributed by atoms with Crippen LogP contribution in [0.5, 0.6) is 5.75 Å². The molecule has 8 nitrogen and oxygen atoms in total. The highest BCUT2D eigenvalue weighted by Crippen LogP contribution is 2.35. The van der Waals surface area contributed by atoms with Crippen LogP contribution in [0.4, 0.5) is 0 Å². The van der Waals surface area contributed by atoms with E-state index in [-0.39, 0.29) is 29.2 Å². The first-order valence-electron chi connectivity index (χ1n) is 11.3. The molecule has 2 aromatic carbocycles. The van der Waals surface area contributed by atoms with Crippen molar-refractivity contribution in [3.8, 4) is 22.6 Å². The predicted octanol–water partition coefficient (Wildman–Crippen LogP) is 3.48. The highest BCUT2D eigenvalue weighted by molar-refractivity contribution is 5.85. The fourth-order valence-corrected chi connectivity index (χ4v) is 4.82. The molecule has 168 valence electrons. The number of furan rings is 1. The lowest BCUT2D eigenvalue weighted by Crippen LogP contribution is -2.30. The molecular weight excluding hydrogens is 420 g/mol. The minimum atomic E-state index is -0.346. The van der Waals surface area contributed by atoms with E-state index < -0.39 is 0 Å². The van der Waals surface area contributed by atoms with Gasteiger partial charge in [0.2, 0.25) is 5.91 Å². The van der Waals surface area contributed by atoms with Gasteiger partial charge >= 0.3 is 5.69 Å². The molecule has 2 aliphatic rings. The van der Waals surface area contributed by atoms with Gasteiger partial charge in [-0.05, 0) is 61.1 Å². The van der Waals surface area contributed by atoms with Crippen LogP contribution in [0.15, 0.2) is 57.9 Å². The van der Waals surface area contributed by atoms with Gasteiger partial charge in [0.05, 0.1) is 12.0 Å². The molecule has 1 saturated carbocycles. The number of carbonyl (C=O) groups is 1. The summed E-state index contributed by atoms with van der Waals surface area (Å²) in [5.74, 6) is 1.44. The number of aromatic amines is 1. The van der Waals surface area contributed by atoms with Crippen LogP contribution in [-0.2, 0) is 11.2 Å². The number of hydrogen-bond acceptors (Lipinski definition) is 5. The summed E-state index contributed by atoms with van der Waals surface area (Å²) in [5, 5.41) is 18.5. The number of rotatable bonds is 5. The molecule has 0 spiro atoms. The van der Waals surface area contributed by atoms with Crippen LogP contribution in [0.1, 0.15) is 25.1 Å². The second-order valence-corrected chi connectivity index (χ2v) is 9.07. The Balaban J connectivity index is 1.25. The van der Waals surface area contributed by atoms with Crippen LogP contribution in [-0.4, -0.2) is 43.8 Å². The molecule has 1 amide bonds. The molecule has 3 heterocycles. The second kappa shape index (κ2) is 7.65. The number of benzene rings is 2. The number of aromatic nitrogens is 3. The Morgan fingerprint density at radius 2 is 2.03 bits per heavy atom. The van der Waals surface area contributed by atoms with Gasteiger partial charge in [-0.2, -0.15) is 5.10 Å². The summed E-state index contributed by atoms with van der Waals surface area (Å²) < 4.78 is 6.90. The SMILES string of the molecule is O=C(C1CC1)N1CC[C@@H](Cc2n[nH]c(=O)n2-c2ccc(-c3ccc4occc4c3)c(O)c2)C1. The minimum Gasteiger partial charge on any atom is -0.507 e. The van der Waals surface area contributed by atoms with Crippen molar-refractivity contribution in [3.63, 3.8) is 0 Å². The number of fused-ring (bicyclic) bond motifs is 1. The van der Waals surface area contributed by atoms with Crippen LogP contribution in [0, 0.1) is 11.8 Å². The lowest BCUT2D eigenvalue weighted by molar-refractivity contribution is -0.131. The van der Waals surface area contributed by atoms with Gasteiger partial charge in [-0.25, -0.2) is 14.5 Å². The Kier molecular flexibility index (Phi) is 4.60. The van der Waals surface area contributed by atoms with E-state index in [2.05, 4.69) is 10.2 Å². The van der Waals surface area contributed by atoms with Crippen molar-refractivity contribution < 1.29 is 14.3 Å². The summed E-state index contributed by atoms with van der Waals surface area (Å²) in [4.78, 5) is 26.9. The summed E-state index contributed by atoms with van der Waals surface area (Å²) >= 11 is 0. The third-order valence-corrected chi connectivity index (χ3v) is 6.74. The number of aromatic hydroxyl groups is 1. The van der Waals surface area contributed by atoms with E-state index >= 15 is 0 Å². The van der Waals surface area contributed by atoms with Gasteiger partial charge in [0.25, 0.3) is 0 Å². The van der Waals surface area contributed by atoms with Crippen LogP contribution < -0.4 is 5.69 Å². The van der Waals surface area contributed by atoms with E-state index in [0.717, 1.165) is 42.3 Å². The molecule has 0 radical (unpaired) electrons.